The molecule has 0 saturated heterocycles. The van der Waals surface area contributed by atoms with Crippen molar-refractivity contribution in [3.05, 3.63) is 0 Å². The SMILES string of the molecule is CCCC1CC1NC(=O)CCC(=O)OCC. The quantitative estimate of drug-likeness (QED) is 0.673. The Kier molecular flexibility index (Phi) is 5.29. The molecule has 0 spiro atoms. The lowest BCUT2D eigenvalue weighted by Crippen LogP contribution is -2.27. The Morgan fingerprint density at radius 2 is 2.06 bits per heavy atom. The van der Waals surface area contributed by atoms with Crippen LogP contribution < -0.4 is 5.32 Å². The van der Waals surface area contributed by atoms with Gasteiger partial charge >= 0.3 is 5.97 Å². The van der Waals surface area contributed by atoms with Crippen LogP contribution in [-0.4, -0.2) is 24.5 Å². The van der Waals surface area contributed by atoms with Crippen LogP contribution in [0.15, 0.2) is 0 Å². The second-order valence-electron chi connectivity index (χ2n) is 4.26. The molecule has 0 aromatic carbocycles. The second kappa shape index (κ2) is 6.51. The molecule has 1 amide bonds. The predicted octanol–water partition coefficient (Wildman–Crippen LogP) is 1.63. The molecule has 1 saturated carbocycles. The summed E-state index contributed by atoms with van der Waals surface area (Å²) < 4.78 is 4.75. The van der Waals surface area contributed by atoms with Crippen molar-refractivity contribution in [2.45, 2.75) is 52.0 Å². The molecule has 16 heavy (non-hydrogen) atoms. The van der Waals surface area contributed by atoms with Gasteiger partial charge in [0.05, 0.1) is 13.0 Å². The van der Waals surface area contributed by atoms with Gasteiger partial charge in [0.1, 0.15) is 0 Å². The van der Waals surface area contributed by atoms with Crippen molar-refractivity contribution in [2.24, 2.45) is 5.92 Å². The molecule has 0 heterocycles. The minimum Gasteiger partial charge on any atom is -0.466 e. The Hall–Kier alpha value is -1.06. The van der Waals surface area contributed by atoms with E-state index < -0.39 is 0 Å². The Balaban J connectivity index is 2.06. The number of ether oxygens (including phenoxy) is 1. The summed E-state index contributed by atoms with van der Waals surface area (Å²) in [5, 5.41) is 2.94. The van der Waals surface area contributed by atoms with Crippen molar-refractivity contribution in [1.82, 2.24) is 5.32 Å². The van der Waals surface area contributed by atoms with Gasteiger partial charge in [-0.05, 0) is 25.7 Å². The first-order chi connectivity index (χ1) is 7.67. The molecule has 0 radical (unpaired) electrons. The molecule has 4 nitrogen and oxygen atoms in total. The van der Waals surface area contributed by atoms with Gasteiger partial charge in [0, 0.05) is 12.5 Å². The lowest BCUT2D eigenvalue weighted by atomic mass is 10.2. The van der Waals surface area contributed by atoms with Crippen LogP contribution in [0.5, 0.6) is 0 Å². The van der Waals surface area contributed by atoms with Crippen LogP contribution in [-0.2, 0) is 14.3 Å². The van der Waals surface area contributed by atoms with Crippen LogP contribution in [0.3, 0.4) is 0 Å². The zero-order chi connectivity index (χ0) is 12.0. The van der Waals surface area contributed by atoms with E-state index >= 15 is 0 Å². The predicted molar refractivity (Wildman–Crippen MR) is 60.8 cm³/mol. The van der Waals surface area contributed by atoms with Crippen LogP contribution in [0.1, 0.15) is 46.0 Å². The van der Waals surface area contributed by atoms with Crippen molar-refractivity contribution >= 4 is 11.9 Å². The first kappa shape index (κ1) is 13.0. The molecule has 0 aromatic heterocycles. The number of hydrogen-bond acceptors (Lipinski definition) is 3. The molecule has 0 aromatic rings. The fourth-order valence-electron chi connectivity index (χ4n) is 1.84. The first-order valence-electron chi connectivity index (χ1n) is 6.12. The maximum Gasteiger partial charge on any atom is 0.306 e. The average Bonchev–Trinajstić information content (AvgIpc) is 2.95. The van der Waals surface area contributed by atoms with Crippen molar-refractivity contribution < 1.29 is 14.3 Å². The Bertz CT molecular complexity index is 253. The van der Waals surface area contributed by atoms with Crippen LogP contribution in [0, 0.1) is 5.92 Å². The van der Waals surface area contributed by atoms with Gasteiger partial charge in [-0.3, -0.25) is 9.59 Å². The van der Waals surface area contributed by atoms with E-state index in [1.165, 1.54) is 12.8 Å². The van der Waals surface area contributed by atoms with E-state index in [0.717, 1.165) is 6.42 Å². The topological polar surface area (TPSA) is 55.4 Å². The molecule has 4 heteroatoms. The fourth-order valence-corrected chi connectivity index (χ4v) is 1.84. The Morgan fingerprint density at radius 3 is 2.69 bits per heavy atom. The van der Waals surface area contributed by atoms with Crippen LogP contribution in [0.4, 0.5) is 0 Å². The third-order valence-corrected chi connectivity index (χ3v) is 2.79. The fraction of sp³-hybridized carbons (Fsp3) is 0.833. The van der Waals surface area contributed by atoms with E-state index in [-0.39, 0.29) is 24.7 Å². The number of nitrogens with one attached hydrogen (secondary N) is 1. The summed E-state index contributed by atoms with van der Waals surface area (Å²) in [5.74, 6) is 0.340. The highest BCUT2D eigenvalue weighted by molar-refractivity contribution is 5.81. The maximum absolute atomic E-state index is 11.4. The van der Waals surface area contributed by atoms with Crippen molar-refractivity contribution in [1.29, 1.82) is 0 Å². The van der Waals surface area contributed by atoms with Gasteiger partial charge in [0.15, 0.2) is 0 Å². The first-order valence-corrected chi connectivity index (χ1v) is 6.12. The summed E-state index contributed by atoms with van der Waals surface area (Å²) >= 11 is 0. The molecule has 0 aliphatic heterocycles. The van der Waals surface area contributed by atoms with Crippen LogP contribution in [0.25, 0.3) is 0 Å². The minimum atomic E-state index is -0.293. The monoisotopic (exact) mass is 227 g/mol. The Morgan fingerprint density at radius 1 is 1.31 bits per heavy atom. The third kappa shape index (κ3) is 4.64. The highest BCUT2D eigenvalue weighted by atomic mass is 16.5. The maximum atomic E-state index is 11.4. The zero-order valence-corrected chi connectivity index (χ0v) is 10.1. The van der Waals surface area contributed by atoms with Crippen LogP contribution >= 0.6 is 0 Å². The van der Waals surface area contributed by atoms with Gasteiger partial charge in [-0.25, -0.2) is 0 Å². The lowest BCUT2D eigenvalue weighted by molar-refractivity contribution is -0.144. The smallest absolute Gasteiger partial charge is 0.306 e. The van der Waals surface area contributed by atoms with Gasteiger partial charge in [-0.1, -0.05) is 13.3 Å². The van der Waals surface area contributed by atoms with Gasteiger partial charge in [0.25, 0.3) is 0 Å². The largest absolute Gasteiger partial charge is 0.466 e. The molecule has 1 rings (SSSR count). The second-order valence-corrected chi connectivity index (χ2v) is 4.26. The van der Waals surface area contributed by atoms with Gasteiger partial charge < -0.3 is 10.1 Å². The highest BCUT2D eigenvalue weighted by Crippen LogP contribution is 2.34. The van der Waals surface area contributed by atoms with Crippen molar-refractivity contribution in [3.63, 3.8) is 0 Å². The molecule has 1 aliphatic rings. The van der Waals surface area contributed by atoms with Crippen LogP contribution in [0.2, 0.25) is 0 Å². The molecular weight excluding hydrogens is 206 g/mol. The zero-order valence-electron chi connectivity index (χ0n) is 10.1. The normalized spacial score (nSPS) is 22.6. The van der Waals surface area contributed by atoms with E-state index in [9.17, 15) is 9.59 Å². The lowest BCUT2D eigenvalue weighted by Gasteiger charge is -2.04. The van der Waals surface area contributed by atoms with Crippen molar-refractivity contribution in [2.75, 3.05) is 6.61 Å². The van der Waals surface area contributed by atoms with Gasteiger partial charge in [-0.2, -0.15) is 0 Å². The number of esters is 1. The number of rotatable bonds is 7. The summed E-state index contributed by atoms with van der Waals surface area (Å²) in [6.07, 6.45) is 3.88. The Labute approximate surface area is 96.7 Å². The van der Waals surface area contributed by atoms with E-state index in [0.29, 0.717) is 18.6 Å². The number of carbonyl (C=O) groups is 2. The van der Waals surface area contributed by atoms with E-state index in [4.69, 9.17) is 4.74 Å². The summed E-state index contributed by atoms with van der Waals surface area (Å²) in [6, 6.07) is 0.356. The molecule has 2 atom stereocenters. The number of hydrogen-bond donors (Lipinski definition) is 1. The van der Waals surface area contributed by atoms with Gasteiger partial charge in [-0.15, -0.1) is 0 Å². The van der Waals surface area contributed by atoms with Crippen molar-refractivity contribution in [3.8, 4) is 0 Å². The van der Waals surface area contributed by atoms with E-state index in [1.807, 2.05) is 0 Å². The summed E-state index contributed by atoms with van der Waals surface area (Å²) in [7, 11) is 0. The van der Waals surface area contributed by atoms with Gasteiger partial charge in [0.2, 0.25) is 5.91 Å². The molecule has 1 fully saturated rings. The molecule has 0 bridgehead atoms. The van der Waals surface area contributed by atoms with E-state index in [1.54, 1.807) is 6.92 Å². The molecule has 1 aliphatic carbocycles. The molecule has 2 unspecified atom stereocenters. The minimum absolute atomic E-state index is 0.0309. The third-order valence-electron chi connectivity index (χ3n) is 2.79. The summed E-state index contributed by atoms with van der Waals surface area (Å²) in [4.78, 5) is 22.4. The molecular formula is C12H21NO3. The summed E-state index contributed by atoms with van der Waals surface area (Å²) in [5.41, 5.74) is 0. The summed E-state index contributed by atoms with van der Waals surface area (Å²) in [6.45, 7) is 4.29. The highest BCUT2D eigenvalue weighted by Gasteiger charge is 2.36. The number of amides is 1. The van der Waals surface area contributed by atoms with E-state index in [2.05, 4.69) is 12.2 Å². The molecule has 1 N–H and O–H groups in total. The standard InChI is InChI=1S/C12H21NO3/c1-3-5-9-8-10(9)13-11(14)6-7-12(15)16-4-2/h9-10H,3-8H2,1-2H3,(H,13,14). The molecule has 92 valence electrons. The average molecular weight is 227 g/mol. The number of carbonyl (C=O) groups excluding carboxylic acids is 2.